The molecule has 112 valence electrons. The first kappa shape index (κ1) is 15.0. The number of alkyl halides is 3. The molecule has 6 heteroatoms. The Hall–Kier alpha value is -2.37. The van der Waals surface area contributed by atoms with Crippen molar-refractivity contribution < 1.29 is 27.8 Å². The van der Waals surface area contributed by atoms with Crippen molar-refractivity contribution in [3.8, 4) is 17.2 Å². The summed E-state index contributed by atoms with van der Waals surface area (Å²) in [5.41, 5.74) is -0.952. The Kier molecular flexibility index (Phi) is 4.26. The molecule has 0 unspecified atom stereocenters. The van der Waals surface area contributed by atoms with Gasteiger partial charge < -0.3 is 14.6 Å². The molecule has 0 bridgehead atoms. The molecule has 0 aliphatic carbocycles. The van der Waals surface area contributed by atoms with E-state index in [2.05, 4.69) is 0 Å². The van der Waals surface area contributed by atoms with Crippen LogP contribution in [0.15, 0.2) is 42.5 Å². The molecular formula is C15H13F3O3. The van der Waals surface area contributed by atoms with E-state index in [9.17, 15) is 18.3 Å². The van der Waals surface area contributed by atoms with Gasteiger partial charge >= 0.3 is 6.18 Å². The lowest BCUT2D eigenvalue weighted by atomic mass is 10.1. The second-order valence-corrected chi connectivity index (χ2v) is 4.30. The maximum Gasteiger partial charge on any atom is 0.416 e. The van der Waals surface area contributed by atoms with Crippen LogP contribution in [0.2, 0.25) is 0 Å². The summed E-state index contributed by atoms with van der Waals surface area (Å²) in [6.07, 6.45) is -4.54. The summed E-state index contributed by atoms with van der Waals surface area (Å²) in [6, 6.07) is 9.59. The summed E-state index contributed by atoms with van der Waals surface area (Å²) >= 11 is 0. The lowest BCUT2D eigenvalue weighted by Crippen LogP contribution is -2.10. The van der Waals surface area contributed by atoms with Crippen LogP contribution in [0.4, 0.5) is 13.2 Å². The van der Waals surface area contributed by atoms with Crippen LogP contribution in [0.1, 0.15) is 11.1 Å². The lowest BCUT2D eigenvalue weighted by Gasteiger charge is -2.14. The van der Waals surface area contributed by atoms with E-state index >= 15 is 0 Å². The van der Waals surface area contributed by atoms with Crippen LogP contribution in [0.25, 0.3) is 0 Å². The lowest BCUT2D eigenvalue weighted by molar-refractivity contribution is -0.138. The molecule has 0 aliphatic heterocycles. The van der Waals surface area contributed by atoms with Crippen molar-refractivity contribution in [1.29, 1.82) is 0 Å². The Morgan fingerprint density at radius 1 is 1.00 bits per heavy atom. The highest BCUT2D eigenvalue weighted by Crippen LogP contribution is 2.34. The van der Waals surface area contributed by atoms with Gasteiger partial charge in [-0.1, -0.05) is 6.07 Å². The third-order valence-corrected chi connectivity index (χ3v) is 2.85. The molecule has 21 heavy (non-hydrogen) atoms. The molecule has 2 aromatic carbocycles. The number of ether oxygens (including phenoxy) is 2. The molecule has 2 aromatic rings. The van der Waals surface area contributed by atoms with E-state index in [4.69, 9.17) is 9.47 Å². The quantitative estimate of drug-likeness (QED) is 0.927. The fraction of sp³-hybridized carbons (Fsp3) is 0.200. The van der Waals surface area contributed by atoms with E-state index < -0.39 is 17.5 Å². The maximum absolute atomic E-state index is 12.9. The first-order valence-corrected chi connectivity index (χ1v) is 6.06. The van der Waals surface area contributed by atoms with Crippen molar-refractivity contribution in [1.82, 2.24) is 0 Å². The predicted molar refractivity (Wildman–Crippen MR) is 70.4 cm³/mol. The molecule has 3 nitrogen and oxygen atoms in total. The monoisotopic (exact) mass is 298 g/mol. The highest BCUT2D eigenvalue weighted by Gasteiger charge is 2.33. The summed E-state index contributed by atoms with van der Waals surface area (Å²) < 4.78 is 48.9. The van der Waals surface area contributed by atoms with Crippen LogP contribution in [0.5, 0.6) is 17.2 Å². The normalized spacial score (nSPS) is 11.2. The van der Waals surface area contributed by atoms with E-state index in [1.165, 1.54) is 19.2 Å². The highest BCUT2D eigenvalue weighted by atomic mass is 19.4. The highest BCUT2D eigenvalue weighted by molar-refractivity contribution is 5.37. The van der Waals surface area contributed by atoms with Crippen molar-refractivity contribution in [2.75, 3.05) is 7.11 Å². The van der Waals surface area contributed by atoms with Gasteiger partial charge in [-0.05, 0) is 36.4 Å². The SMILES string of the molecule is COc1ccc(OCc2ccc(O)cc2C(F)(F)F)cc1. The van der Waals surface area contributed by atoms with Crippen LogP contribution in [-0.2, 0) is 12.8 Å². The van der Waals surface area contributed by atoms with Crippen molar-refractivity contribution in [3.63, 3.8) is 0 Å². The van der Waals surface area contributed by atoms with E-state index in [-0.39, 0.29) is 12.2 Å². The van der Waals surface area contributed by atoms with Gasteiger partial charge in [-0.15, -0.1) is 0 Å². The average molecular weight is 298 g/mol. The van der Waals surface area contributed by atoms with Gasteiger partial charge in [-0.3, -0.25) is 0 Å². The molecule has 2 rings (SSSR count). The van der Waals surface area contributed by atoms with E-state index in [1.54, 1.807) is 24.3 Å². The van der Waals surface area contributed by atoms with E-state index in [1.807, 2.05) is 0 Å². The number of aromatic hydroxyl groups is 1. The van der Waals surface area contributed by atoms with Gasteiger partial charge in [0, 0.05) is 5.56 Å². The van der Waals surface area contributed by atoms with Crippen LogP contribution in [0, 0.1) is 0 Å². The van der Waals surface area contributed by atoms with Crippen molar-refractivity contribution in [2.24, 2.45) is 0 Å². The Bertz CT molecular complexity index is 607. The van der Waals surface area contributed by atoms with Gasteiger partial charge in [0.1, 0.15) is 23.9 Å². The van der Waals surface area contributed by atoms with E-state index in [0.717, 1.165) is 0 Å². The average Bonchev–Trinajstić information content (AvgIpc) is 2.45. The van der Waals surface area contributed by atoms with Crippen LogP contribution >= 0.6 is 0 Å². The molecular weight excluding hydrogens is 285 g/mol. The predicted octanol–water partition coefficient (Wildman–Crippen LogP) is 4.00. The largest absolute Gasteiger partial charge is 0.508 e. The number of rotatable bonds is 4. The Labute approximate surface area is 119 Å². The second kappa shape index (κ2) is 5.95. The summed E-state index contributed by atoms with van der Waals surface area (Å²) in [6.45, 7) is -0.249. The van der Waals surface area contributed by atoms with Gasteiger partial charge in [0.05, 0.1) is 12.7 Å². The first-order valence-electron chi connectivity index (χ1n) is 6.06. The zero-order valence-corrected chi connectivity index (χ0v) is 11.1. The molecule has 0 radical (unpaired) electrons. The smallest absolute Gasteiger partial charge is 0.416 e. The number of halogens is 3. The molecule has 0 spiro atoms. The molecule has 0 saturated carbocycles. The molecule has 0 saturated heterocycles. The van der Waals surface area contributed by atoms with Crippen LogP contribution in [0.3, 0.4) is 0 Å². The molecule has 0 amide bonds. The standard InChI is InChI=1S/C15H13F3O3/c1-20-12-4-6-13(7-5-12)21-9-10-2-3-11(19)8-14(10)15(16,17)18/h2-8,19H,9H2,1H3. The summed E-state index contributed by atoms with van der Waals surface area (Å²) in [4.78, 5) is 0. The van der Waals surface area contributed by atoms with Crippen molar-refractivity contribution in [2.45, 2.75) is 12.8 Å². The summed E-state index contributed by atoms with van der Waals surface area (Å²) in [5.74, 6) is 0.621. The fourth-order valence-corrected chi connectivity index (χ4v) is 1.79. The summed E-state index contributed by atoms with van der Waals surface area (Å²) in [7, 11) is 1.52. The van der Waals surface area contributed by atoms with Gasteiger partial charge in [-0.2, -0.15) is 13.2 Å². The number of phenols is 1. The van der Waals surface area contributed by atoms with Gasteiger partial charge in [0.15, 0.2) is 0 Å². The molecule has 0 aliphatic rings. The number of phenolic OH excluding ortho intramolecular Hbond substituents is 1. The van der Waals surface area contributed by atoms with E-state index in [0.29, 0.717) is 17.6 Å². The number of hydrogen-bond donors (Lipinski definition) is 1. The minimum absolute atomic E-state index is 0.0453. The molecule has 0 fully saturated rings. The molecule has 0 atom stereocenters. The third kappa shape index (κ3) is 3.81. The Morgan fingerprint density at radius 3 is 2.19 bits per heavy atom. The van der Waals surface area contributed by atoms with Crippen molar-refractivity contribution >= 4 is 0 Å². The van der Waals surface area contributed by atoms with Crippen LogP contribution in [-0.4, -0.2) is 12.2 Å². The minimum Gasteiger partial charge on any atom is -0.508 e. The second-order valence-electron chi connectivity index (χ2n) is 4.30. The van der Waals surface area contributed by atoms with Gasteiger partial charge in [0.2, 0.25) is 0 Å². The molecule has 0 heterocycles. The number of hydrogen-bond acceptors (Lipinski definition) is 3. The molecule has 0 aromatic heterocycles. The zero-order valence-electron chi connectivity index (χ0n) is 11.1. The topological polar surface area (TPSA) is 38.7 Å². The van der Waals surface area contributed by atoms with Gasteiger partial charge in [0.25, 0.3) is 0 Å². The summed E-state index contributed by atoms with van der Waals surface area (Å²) in [5, 5.41) is 9.19. The fourth-order valence-electron chi connectivity index (χ4n) is 1.79. The molecule has 1 N–H and O–H groups in total. The third-order valence-electron chi connectivity index (χ3n) is 2.85. The Balaban J connectivity index is 2.15. The van der Waals surface area contributed by atoms with Gasteiger partial charge in [-0.25, -0.2) is 0 Å². The minimum atomic E-state index is -4.54. The maximum atomic E-state index is 12.9. The Morgan fingerprint density at radius 2 is 1.62 bits per heavy atom. The van der Waals surface area contributed by atoms with Crippen LogP contribution < -0.4 is 9.47 Å². The first-order chi connectivity index (χ1) is 9.90. The number of benzene rings is 2. The van der Waals surface area contributed by atoms with Crippen molar-refractivity contribution in [3.05, 3.63) is 53.6 Å². The number of methoxy groups -OCH3 is 1. The zero-order chi connectivity index (χ0) is 15.5.